The van der Waals surface area contributed by atoms with Crippen LogP contribution >= 0.6 is 0 Å². The van der Waals surface area contributed by atoms with E-state index in [1.54, 1.807) is 13.0 Å². The quantitative estimate of drug-likeness (QED) is 0.611. The van der Waals surface area contributed by atoms with E-state index in [1.807, 2.05) is 26.8 Å². The molecule has 1 aliphatic carbocycles. The SMILES string of the molecule is CC1=CC(=O)C(C(C)(C)C)=C/C1=N/OS(=O)(=O)c1cccc(C#N)c1. The van der Waals surface area contributed by atoms with E-state index in [-0.39, 0.29) is 22.0 Å². The molecular weight excluding hydrogens is 340 g/mol. The van der Waals surface area contributed by atoms with E-state index in [9.17, 15) is 13.2 Å². The van der Waals surface area contributed by atoms with Crippen molar-refractivity contribution in [2.24, 2.45) is 10.6 Å². The van der Waals surface area contributed by atoms with Gasteiger partial charge < -0.3 is 0 Å². The number of nitrogens with zero attached hydrogens (tertiary/aromatic N) is 2. The molecule has 25 heavy (non-hydrogen) atoms. The zero-order chi connectivity index (χ0) is 18.8. The first-order valence-electron chi connectivity index (χ1n) is 7.51. The van der Waals surface area contributed by atoms with Gasteiger partial charge in [-0.1, -0.05) is 32.0 Å². The van der Waals surface area contributed by atoms with Gasteiger partial charge in [0.15, 0.2) is 5.78 Å². The first-order chi connectivity index (χ1) is 11.5. The van der Waals surface area contributed by atoms with Gasteiger partial charge in [-0.25, -0.2) is 0 Å². The Morgan fingerprint density at radius 2 is 1.88 bits per heavy atom. The molecule has 0 aromatic heterocycles. The van der Waals surface area contributed by atoms with Gasteiger partial charge in [0, 0.05) is 5.57 Å². The van der Waals surface area contributed by atoms with Gasteiger partial charge in [0.05, 0.1) is 11.6 Å². The molecule has 0 atom stereocenters. The minimum absolute atomic E-state index is 0.131. The second kappa shape index (κ2) is 6.65. The topological polar surface area (TPSA) is 96.6 Å². The Balaban J connectivity index is 2.36. The lowest BCUT2D eigenvalue weighted by Gasteiger charge is -2.23. The lowest BCUT2D eigenvalue weighted by Crippen LogP contribution is -2.22. The molecule has 6 nitrogen and oxygen atoms in total. The molecule has 0 amide bonds. The maximum absolute atomic E-state index is 12.2. The molecule has 0 unspecified atom stereocenters. The largest absolute Gasteiger partial charge is 0.358 e. The number of ketones is 1. The fourth-order valence-corrected chi connectivity index (χ4v) is 2.99. The van der Waals surface area contributed by atoms with Crippen molar-refractivity contribution >= 4 is 21.6 Å². The van der Waals surface area contributed by atoms with Gasteiger partial charge in [-0.2, -0.15) is 13.7 Å². The summed E-state index contributed by atoms with van der Waals surface area (Å²) >= 11 is 0. The van der Waals surface area contributed by atoms with Crippen molar-refractivity contribution in [2.45, 2.75) is 32.6 Å². The molecule has 0 aliphatic heterocycles. The van der Waals surface area contributed by atoms with Crippen LogP contribution in [0.25, 0.3) is 0 Å². The van der Waals surface area contributed by atoms with Crippen LogP contribution in [0.3, 0.4) is 0 Å². The molecule has 0 saturated heterocycles. The highest BCUT2D eigenvalue weighted by Gasteiger charge is 2.27. The molecule has 0 bridgehead atoms. The summed E-state index contributed by atoms with van der Waals surface area (Å²) in [5, 5.41) is 12.6. The van der Waals surface area contributed by atoms with Crippen molar-refractivity contribution in [1.29, 1.82) is 5.26 Å². The van der Waals surface area contributed by atoms with Crippen LogP contribution in [0.5, 0.6) is 0 Å². The minimum atomic E-state index is -4.16. The summed E-state index contributed by atoms with van der Waals surface area (Å²) in [7, 11) is -4.16. The van der Waals surface area contributed by atoms with Gasteiger partial charge in [0.25, 0.3) is 0 Å². The second-order valence-electron chi connectivity index (χ2n) is 6.64. The highest BCUT2D eigenvalue weighted by atomic mass is 32.2. The summed E-state index contributed by atoms with van der Waals surface area (Å²) in [6.07, 6.45) is 2.95. The molecule has 0 spiro atoms. The van der Waals surface area contributed by atoms with E-state index in [1.165, 1.54) is 30.3 Å². The van der Waals surface area contributed by atoms with Crippen LogP contribution in [0.4, 0.5) is 0 Å². The molecular formula is C18H18N2O4S. The molecule has 7 heteroatoms. The molecule has 0 radical (unpaired) electrons. The predicted octanol–water partition coefficient (Wildman–Crippen LogP) is 3.12. The third-order valence-electron chi connectivity index (χ3n) is 3.59. The predicted molar refractivity (Wildman–Crippen MR) is 93.2 cm³/mol. The van der Waals surface area contributed by atoms with Crippen LogP contribution in [0.2, 0.25) is 0 Å². The Hall–Kier alpha value is -2.72. The van der Waals surface area contributed by atoms with Crippen molar-refractivity contribution in [3.63, 3.8) is 0 Å². The number of carbonyl (C=O) groups excluding carboxylic acids is 1. The monoisotopic (exact) mass is 358 g/mol. The van der Waals surface area contributed by atoms with Crippen LogP contribution in [0.15, 0.2) is 57.6 Å². The lowest BCUT2D eigenvalue weighted by molar-refractivity contribution is -0.112. The molecule has 0 saturated carbocycles. The van der Waals surface area contributed by atoms with E-state index in [2.05, 4.69) is 5.16 Å². The van der Waals surface area contributed by atoms with Crippen LogP contribution < -0.4 is 0 Å². The molecule has 1 aromatic rings. The molecule has 0 N–H and O–H groups in total. The Labute approximate surface area is 147 Å². The van der Waals surface area contributed by atoms with Crippen molar-refractivity contribution in [3.05, 3.63) is 53.1 Å². The number of hydrogen-bond acceptors (Lipinski definition) is 6. The first kappa shape index (κ1) is 18.6. The van der Waals surface area contributed by atoms with Gasteiger partial charge >= 0.3 is 10.1 Å². The van der Waals surface area contributed by atoms with Crippen LogP contribution in [-0.4, -0.2) is 19.9 Å². The summed E-state index contributed by atoms with van der Waals surface area (Å²) in [5.74, 6) is -0.131. The van der Waals surface area contributed by atoms with Gasteiger partial charge in [-0.05, 0) is 48.3 Å². The summed E-state index contributed by atoms with van der Waals surface area (Å²) in [4.78, 5) is 11.9. The number of nitriles is 1. The van der Waals surface area contributed by atoms with E-state index in [0.717, 1.165) is 0 Å². The van der Waals surface area contributed by atoms with Crippen LogP contribution in [0, 0.1) is 16.7 Å². The zero-order valence-corrected chi connectivity index (χ0v) is 15.2. The molecule has 130 valence electrons. The fraction of sp³-hybridized carbons (Fsp3) is 0.278. The Bertz CT molecular complexity index is 956. The zero-order valence-electron chi connectivity index (χ0n) is 14.4. The number of hydrogen-bond donors (Lipinski definition) is 0. The maximum atomic E-state index is 12.2. The number of rotatable bonds is 3. The number of oxime groups is 1. The third-order valence-corrected chi connectivity index (χ3v) is 4.69. The van der Waals surface area contributed by atoms with Crippen molar-refractivity contribution in [1.82, 2.24) is 0 Å². The lowest BCUT2D eigenvalue weighted by atomic mass is 9.80. The van der Waals surface area contributed by atoms with Crippen molar-refractivity contribution in [2.75, 3.05) is 0 Å². The molecule has 1 aromatic carbocycles. The summed E-state index contributed by atoms with van der Waals surface area (Å²) in [5.41, 5.74) is 1.09. The fourth-order valence-electron chi connectivity index (χ4n) is 2.21. The van der Waals surface area contributed by atoms with Crippen molar-refractivity contribution in [3.8, 4) is 6.07 Å². The Kier molecular flexibility index (Phi) is 4.95. The average Bonchev–Trinajstić information content (AvgIpc) is 2.53. The highest BCUT2D eigenvalue weighted by molar-refractivity contribution is 7.86. The average molecular weight is 358 g/mol. The van der Waals surface area contributed by atoms with Gasteiger partial charge in [0.2, 0.25) is 0 Å². The summed E-state index contributed by atoms with van der Waals surface area (Å²) in [6.45, 7) is 7.30. The van der Waals surface area contributed by atoms with Gasteiger partial charge in [0.1, 0.15) is 10.6 Å². The Morgan fingerprint density at radius 3 is 2.48 bits per heavy atom. The third kappa shape index (κ3) is 4.22. The van der Waals surface area contributed by atoms with E-state index < -0.39 is 15.5 Å². The van der Waals surface area contributed by atoms with Gasteiger partial charge in [-0.3, -0.25) is 9.08 Å². The smallest absolute Gasteiger partial charge is 0.290 e. The standard InChI is InChI=1S/C18H18N2O4S/c1-12-8-17(21)15(18(2,3)4)10-16(12)20-24-25(22,23)14-7-5-6-13(9-14)11-19/h5-10H,1-4H3/b20-16-. The number of allylic oxidation sites excluding steroid dienone is 4. The van der Waals surface area contributed by atoms with Crippen molar-refractivity contribution < 1.29 is 17.5 Å². The number of benzene rings is 1. The van der Waals surface area contributed by atoms with Gasteiger partial charge in [-0.15, -0.1) is 0 Å². The summed E-state index contributed by atoms with van der Waals surface area (Å²) in [6, 6.07) is 7.33. The molecule has 1 aliphatic rings. The van der Waals surface area contributed by atoms with Crippen LogP contribution in [0.1, 0.15) is 33.3 Å². The van der Waals surface area contributed by atoms with E-state index in [0.29, 0.717) is 11.1 Å². The number of carbonyl (C=O) groups is 1. The highest BCUT2D eigenvalue weighted by Crippen LogP contribution is 2.29. The molecule has 0 fully saturated rings. The first-order valence-corrected chi connectivity index (χ1v) is 8.92. The maximum Gasteiger partial charge on any atom is 0.358 e. The Morgan fingerprint density at radius 1 is 1.20 bits per heavy atom. The normalized spacial score (nSPS) is 16.9. The molecule has 0 heterocycles. The van der Waals surface area contributed by atoms with E-state index in [4.69, 9.17) is 9.55 Å². The molecule has 2 rings (SSSR count). The van der Waals surface area contributed by atoms with Crippen LogP contribution in [-0.2, 0) is 19.2 Å². The second-order valence-corrected chi connectivity index (χ2v) is 8.17. The van der Waals surface area contributed by atoms with E-state index >= 15 is 0 Å². The summed E-state index contributed by atoms with van der Waals surface area (Å²) < 4.78 is 29.3. The minimum Gasteiger partial charge on any atom is -0.290 e.